The quantitative estimate of drug-likeness (QED) is 0.109. The van der Waals surface area contributed by atoms with Crippen LogP contribution in [0.25, 0.3) is 0 Å². The highest BCUT2D eigenvalue weighted by Crippen LogP contribution is 2.50. The van der Waals surface area contributed by atoms with Crippen molar-refractivity contribution in [3.05, 3.63) is 89.2 Å². The first kappa shape index (κ1) is 33.0. The average molecular weight is 703 g/mol. The van der Waals surface area contributed by atoms with E-state index in [1.165, 1.54) is 29.7 Å². The van der Waals surface area contributed by atoms with Crippen LogP contribution in [-0.2, 0) is 10.8 Å². The van der Waals surface area contributed by atoms with Gasteiger partial charge in [0.2, 0.25) is 11.8 Å². The third-order valence-electron chi connectivity index (χ3n) is 13.6. The van der Waals surface area contributed by atoms with Gasteiger partial charge in [0.05, 0.1) is 0 Å². The van der Waals surface area contributed by atoms with Crippen LogP contribution in [-0.4, -0.2) is 57.5 Å². The molecule has 6 fully saturated rings. The Morgan fingerprint density at radius 2 is 1.17 bits per heavy atom. The number of nitrogens with two attached hydrogens (primary N) is 1. The van der Waals surface area contributed by atoms with E-state index in [9.17, 15) is 0 Å². The van der Waals surface area contributed by atoms with Crippen LogP contribution in [0.1, 0.15) is 148 Å². The Hall–Kier alpha value is -3.60. The number of hydrogen-bond donors (Lipinski definition) is 4. The van der Waals surface area contributed by atoms with Crippen molar-refractivity contribution in [3.63, 3.8) is 0 Å². The number of nitrogens with zero attached hydrogens (tertiary/aromatic N) is 4. The number of anilines is 1. The van der Waals surface area contributed by atoms with Gasteiger partial charge in [-0.25, -0.2) is 0 Å². The Kier molecular flexibility index (Phi) is 8.48. The van der Waals surface area contributed by atoms with Gasteiger partial charge >= 0.3 is 0 Å². The smallest absolute Gasteiger partial charge is 0.229 e. The minimum absolute atomic E-state index is 0.0460. The number of benzene rings is 2. The van der Waals surface area contributed by atoms with Gasteiger partial charge in [-0.1, -0.05) is 52.8 Å². The summed E-state index contributed by atoms with van der Waals surface area (Å²) in [5.41, 5.74) is 10.3. The van der Waals surface area contributed by atoms with E-state index in [1.807, 2.05) is 0 Å². The van der Waals surface area contributed by atoms with Gasteiger partial charge in [-0.05, 0) is 113 Å². The second-order valence-corrected chi connectivity index (χ2v) is 17.5. The molecule has 0 aliphatic heterocycles. The SMILES string of the molecule is NC1CCC(c2nc(C3(CN[C@@H]4C[C@H]4c4cccc(NC5CCC(c6nc(C7(CN[C@@H]8C[C@H]8c8ccccc8)CC7)no6)CC5)c4)CC3)no2)CC1. The Bertz CT molecular complexity index is 1830. The van der Waals surface area contributed by atoms with Crippen LogP contribution in [0.5, 0.6) is 0 Å². The summed E-state index contributed by atoms with van der Waals surface area (Å²) in [4.78, 5) is 9.93. The van der Waals surface area contributed by atoms with Crippen molar-refractivity contribution < 1.29 is 9.05 Å². The maximum atomic E-state index is 6.11. The standard InChI is InChI=1S/C42H54N8O2/c43-30-13-9-27(10-14-30)37-47-39(49-51-37)42(19-20-42)25-45-36-23-34(36)29-7-4-8-32(21-29)46-31-15-11-28(12-16-31)38-48-40(50-52-38)41(17-18-41)24-44-35-22-33(35)26-5-2-1-3-6-26/h1-8,21,27-28,30-31,33-36,44-46H,9-20,22-25,43H2/t27?,28?,30?,31?,33-,34-,35+,36+/m0/s1. The van der Waals surface area contributed by atoms with Crippen molar-refractivity contribution in [2.45, 2.75) is 149 Å². The van der Waals surface area contributed by atoms with E-state index in [1.54, 1.807) is 0 Å². The van der Waals surface area contributed by atoms with Crippen molar-refractivity contribution >= 4 is 5.69 Å². The normalized spacial score (nSPS) is 32.6. The third-order valence-corrected chi connectivity index (χ3v) is 13.6. The molecular weight excluding hydrogens is 649 g/mol. The predicted octanol–water partition coefficient (Wildman–Crippen LogP) is 6.93. The average Bonchev–Trinajstić information content (AvgIpc) is 4.08. The number of hydrogen-bond acceptors (Lipinski definition) is 10. The van der Waals surface area contributed by atoms with E-state index in [-0.39, 0.29) is 10.8 Å². The Labute approximate surface area is 306 Å². The van der Waals surface area contributed by atoms with Gasteiger partial charge in [-0.15, -0.1) is 0 Å². The topological polar surface area (TPSA) is 140 Å². The number of rotatable bonds is 14. The molecule has 10 nitrogen and oxygen atoms in total. The second kappa shape index (κ2) is 13.4. The number of nitrogens with one attached hydrogen (secondary N) is 3. The van der Waals surface area contributed by atoms with Gasteiger partial charge in [0.15, 0.2) is 11.6 Å². The van der Waals surface area contributed by atoms with Crippen molar-refractivity contribution in [1.82, 2.24) is 30.9 Å². The monoisotopic (exact) mass is 702 g/mol. The second-order valence-electron chi connectivity index (χ2n) is 17.5. The first-order valence-corrected chi connectivity index (χ1v) is 20.3. The summed E-state index contributed by atoms with van der Waals surface area (Å²) in [6.45, 7) is 1.88. The lowest BCUT2D eigenvalue weighted by Gasteiger charge is -2.28. The Morgan fingerprint density at radius 3 is 1.75 bits per heavy atom. The van der Waals surface area contributed by atoms with Crippen LogP contribution in [0, 0.1) is 0 Å². The van der Waals surface area contributed by atoms with Gasteiger partial charge in [-0.2, -0.15) is 9.97 Å². The molecule has 4 atom stereocenters. The molecular formula is C42H54N8O2. The fraction of sp³-hybridized carbons (Fsp3) is 0.619. The van der Waals surface area contributed by atoms with Crippen LogP contribution in [0.3, 0.4) is 0 Å². The summed E-state index contributed by atoms with van der Waals surface area (Å²) < 4.78 is 11.7. The van der Waals surface area contributed by atoms with Crippen molar-refractivity contribution in [3.8, 4) is 0 Å². The summed E-state index contributed by atoms with van der Waals surface area (Å²) in [6, 6.07) is 21.9. The zero-order chi connectivity index (χ0) is 34.7. The van der Waals surface area contributed by atoms with Crippen molar-refractivity contribution in [1.29, 1.82) is 0 Å². The lowest BCUT2D eigenvalue weighted by molar-refractivity contribution is 0.298. The van der Waals surface area contributed by atoms with E-state index in [2.05, 4.69) is 80.9 Å². The molecule has 0 saturated heterocycles. The third kappa shape index (κ3) is 6.82. The Morgan fingerprint density at radius 1 is 0.635 bits per heavy atom. The molecule has 2 aromatic heterocycles. The molecule has 10 rings (SSSR count). The van der Waals surface area contributed by atoms with E-state index in [0.717, 1.165) is 114 Å². The molecule has 6 aliphatic carbocycles. The van der Waals surface area contributed by atoms with Gasteiger partial charge in [0, 0.05) is 77.4 Å². The molecule has 0 spiro atoms. The highest BCUT2D eigenvalue weighted by molar-refractivity contribution is 5.49. The largest absolute Gasteiger partial charge is 0.382 e. The fourth-order valence-electron chi connectivity index (χ4n) is 9.37. The van der Waals surface area contributed by atoms with Crippen LogP contribution >= 0.6 is 0 Å². The molecule has 5 N–H and O–H groups in total. The van der Waals surface area contributed by atoms with Crippen LogP contribution in [0.15, 0.2) is 63.6 Å². The van der Waals surface area contributed by atoms with Gasteiger partial charge < -0.3 is 30.7 Å². The predicted molar refractivity (Wildman–Crippen MR) is 199 cm³/mol. The van der Waals surface area contributed by atoms with Gasteiger partial charge in [0.25, 0.3) is 0 Å². The van der Waals surface area contributed by atoms with Crippen molar-refractivity contribution in [2.24, 2.45) is 5.73 Å². The van der Waals surface area contributed by atoms with Gasteiger partial charge in [0.1, 0.15) is 0 Å². The minimum Gasteiger partial charge on any atom is -0.382 e. The van der Waals surface area contributed by atoms with E-state index in [4.69, 9.17) is 24.7 Å². The van der Waals surface area contributed by atoms with Gasteiger partial charge in [-0.3, -0.25) is 0 Å². The first-order valence-electron chi connectivity index (χ1n) is 20.3. The molecule has 0 radical (unpaired) electrons. The maximum absolute atomic E-state index is 6.11. The lowest BCUT2D eigenvalue weighted by Crippen LogP contribution is -2.30. The molecule has 2 aromatic carbocycles. The maximum Gasteiger partial charge on any atom is 0.229 e. The minimum atomic E-state index is 0.0460. The highest BCUT2D eigenvalue weighted by Gasteiger charge is 2.52. The Balaban J connectivity index is 0.677. The van der Waals surface area contributed by atoms with Crippen LogP contribution in [0.4, 0.5) is 5.69 Å². The van der Waals surface area contributed by atoms with E-state index < -0.39 is 0 Å². The molecule has 6 saturated carbocycles. The molecule has 2 heterocycles. The summed E-state index contributed by atoms with van der Waals surface area (Å²) in [7, 11) is 0. The zero-order valence-corrected chi connectivity index (χ0v) is 30.3. The lowest BCUT2D eigenvalue weighted by atomic mass is 9.85. The summed E-state index contributed by atoms with van der Waals surface area (Å²) in [5.74, 6) is 5.45. The highest BCUT2D eigenvalue weighted by atomic mass is 16.5. The van der Waals surface area contributed by atoms with Crippen LogP contribution in [0.2, 0.25) is 0 Å². The summed E-state index contributed by atoms with van der Waals surface area (Å²) in [6.07, 6.45) is 15.6. The van der Waals surface area contributed by atoms with Crippen molar-refractivity contribution in [2.75, 3.05) is 18.4 Å². The molecule has 0 bridgehead atoms. The summed E-state index contributed by atoms with van der Waals surface area (Å²) in [5, 5.41) is 20.6. The van der Waals surface area contributed by atoms with E-state index >= 15 is 0 Å². The first-order chi connectivity index (χ1) is 25.5. The zero-order valence-electron chi connectivity index (χ0n) is 30.3. The van der Waals surface area contributed by atoms with Crippen LogP contribution < -0.4 is 21.7 Å². The fourth-order valence-corrected chi connectivity index (χ4v) is 9.37. The molecule has 6 aliphatic rings. The molecule has 274 valence electrons. The summed E-state index contributed by atoms with van der Waals surface area (Å²) >= 11 is 0. The molecule has 0 amide bonds. The molecule has 0 unspecified atom stereocenters. The molecule has 10 heteroatoms. The number of aromatic nitrogens is 4. The molecule has 52 heavy (non-hydrogen) atoms. The molecule has 4 aromatic rings. The van der Waals surface area contributed by atoms with E-state index in [0.29, 0.717) is 47.8 Å².